The van der Waals surface area contributed by atoms with Crippen molar-refractivity contribution in [1.29, 1.82) is 0 Å². The van der Waals surface area contributed by atoms with Crippen LogP contribution < -0.4 is 5.32 Å². The number of aromatic nitrogens is 3. The number of amides is 1. The maximum atomic E-state index is 12.3. The van der Waals surface area contributed by atoms with Crippen molar-refractivity contribution in [2.45, 2.75) is 25.5 Å². The van der Waals surface area contributed by atoms with Crippen molar-refractivity contribution in [2.24, 2.45) is 0 Å². The molecule has 0 atom stereocenters. The van der Waals surface area contributed by atoms with Gasteiger partial charge in [0.05, 0.1) is 5.75 Å². The summed E-state index contributed by atoms with van der Waals surface area (Å²) in [5.41, 5.74) is 2.74. The third-order valence-electron chi connectivity index (χ3n) is 3.90. The summed E-state index contributed by atoms with van der Waals surface area (Å²) in [6.45, 7) is 4.79. The normalized spacial score (nSPS) is 10.8. The second kappa shape index (κ2) is 8.78. The Hall–Kier alpha value is -2.02. The maximum absolute atomic E-state index is 12.3. The summed E-state index contributed by atoms with van der Waals surface area (Å²) in [5.74, 6) is 0.845. The first-order valence-corrected chi connectivity index (χ1v) is 10.1. The van der Waals surface area contributed by atoms with Crippen molar-refractivity contribution in [3.05, 3.63) is 58.1 Å². The number of anilines is 1. The summed E-state index contributed by atoms with van der Waals surface area (Å²) in [6.07, 6.45) is 0. The molecule has 0 radical (unpaired) electrons. The summed E-state index contributed by atoms with van der Waals surface area (Å²) >= 11 is 13.3. The SMILES string of the molecule is CCn1c(SCC(=O)Nc2cc(Cl)cc(Cl)c2)nnc1-c1ccccc1C. The third-order valence-corrected chi connectivity index (χ3v) is 5.30. The molecule has 0 spiro atoms. The second-order valence-corrected chi connectivity index (χ2v) is 7.68. The number of benzene rings is 2. The van der Waals surface area contributed by atoms with Gasteiger partial charge in [-0.15, -0.1) is 10.2 Å². The molecule has 0 unspecified atom stereocenters. The quantitative estimate of drug-likeness (QED) is 0.548. The van der Waals surface area contributed by atoms with Crippen molar-refractivity contribution in [3.8, 4) is 11.4 Å². The van der Waals surface area contributed by atoms with E-state index in [0.29, 0.717) is 27.4 Å². The van der Waals surface area contributed by atoms with Crippen molar-refractivity contribution in [1.82, 2.24) is 14.8 Å². The van der Waals surface area contributed by atoms with Gasteiger partial charge in [-0.1, -0.05) is 59.2 Å². The van der Waals surface area contributed by atoms with Gasteiger partial charge in [0.1, 0.15) is 0 Å². The number of hydrogen-bond donors (Lipinski definition) is 1. The lowest BCUT2D eigenvalue weighted by atomic mass is 10.1. The van der Waals surface area contributed by atoms with Crippen molar-refractivity contribution in [2.75, 3.05) is 11.1 Å². The van der Waals surface area contributed by atoms with E-state index in [-0.39, 0.29) is 11.7 Å². The van der Waals surface area contributed by atoms with Crippen molar-refractivity contribution >= 4 is 46.6 Å². The van der Waals surface area contributed by atoms with E-state index in [4.69, 9.17) is 23.2 Å². The molecule has 1 heterocycles. The fraction of sp³-hybridized carbons (Fsp3) is 0.211. The molecule has 3 rings (SSSR count). The van der Waals surface area contributed by atoms with Gasteiger partial charge in [0.2, 0.25) is 5.91 Å². The first-order chi connectivity index (χ1) is 13.0. The van der Waals surface area contributed by atoms with Crippen LogP contribution in [0.25, 0.3) is 11.4 Å². The Morgan fingerprint density at radius 1 is 1.15 bits per heavy atom. The van der Waals surface area contributed by atoms with Gasteiger partial charge in [-0.2, -0.15) is 0 Å². The average molecular weight is 421 g/mol. The molecule has 0 aliphatic heterocycles. The van der Waals surface area contributed by atoms with Crippen LogP contribution >= 0.6 is 35.0 Å². The van der Waals surface area contributed by atoms with Crippen LogP contribution in [0.3, 0.4) is 0 Å². The smallest absolute Gasteiger partial charge is 0.234 e. The molecule has 3 aromatic rings. The van der Waals surface area contributed by atoms with Crippen LogP contribution in [0.1, 0.15) is 12.5 Å². The van der Waals surface area contributed by atoms with Crippen LogP contribution in [0.5, 0.6) is 0 Å². The van der Waals surface area contributed by atoms with E-state index in [1.807, 2.05) is 42.7 Å². The molecule has 8 heteroatoms. The molecule has 0 saturated carbocycles. The molecule has 1 amide bonds. The number of carbonyl (C=O) groups excluding carboxylic acids is 1. The standard InChI is InChI=1S/C19H18Cl2N4OS/c1-3-25-18(16-7-5-4-6-12(16)2)23-24-19(25)27-11-17(26)22-15-9-13(20)8-14(21)10-15/h4-10H,3,11H2,1-2H3,(H,22,26). The minimum Gasteiger partial charge on any atom is -0.325 e. The summed E-state index contributed by atoms with van der Waals surface area (Å²) in [5, 5.41) is 13.0. The number of thioether (sulfide) groups is 1. The van der Waals surface area contributed by atoms with E-state index in [0.717, 1.165) is 17.0 Å². The first kappa shape index (κ1) is 19.7. The van der Waals surface area contributed by atoms with Gasteiger partial charge in [0.25, 0.3) is 0 Å². The number of nitrogens with one attached hydrogen (secondary N) is 1. The van der Waals surface area contributed by atoms with Crippen LogP contribution in [0.4, 0.5) is 5.69 Å². The lowest BCUT2D eigenvalue weighted by Gasteiger charge is -2.09. The fourth-order valence-corrected chi connectivity index (χ4v) is 3.99. The summed E-state index contributed by atoms with van der Waals surface area (Å²) in [7, 11) is 0. The maximum Gasteiger partial charge on any atom is 0.234 e. The van der Waals surface area contributed by atoms with Gasteiger partial charge in [-0.05, 0) is 37.6 Å². The lowest BCUT2D eigenvalue weighted by Crippen LogP contribution is -2.14. The van der Waals surface area contributed by atoms with Gasteiger partial charge in [-0.25, -0.2) is 0 Å². The van der Waals surface area contributed by atoms with Crippen LogP contribution in [0, 0.1) is 6.92 Å². The zero-order chi connectivity index (χ0) is 19.4. The monoisotopic (exact) mass is 420 g/mol. The van der Waals surface area contributed by atoms with Gasteiger partial charge < -0.3 is 9.88 Å². The first-order valence-electron chi connectivity index (χ1n) is 8.36. The van der Waals surface area contributed by atoms with E-state index in [1.54, 1.807) is 18.2 Å². The summed E-state index contributed by atoms with van der Waals surface area (Å²) in [6, 6.07) is 13.0. The van der Waals surface area contributed by atoms with E-state index >= 15 is 0 Å². The highest BCUT2D eigenvalue weighted by atomic mass is 35.5. The summed E-state index contributed by atoms with van der Waals surface area (Å²) in [4.78, 5) is 12.3. The highest BCUT2D eigenvalue weighted by Gasteiger charge is 2.16. The Kier molecular flexibility index (Phi) is 6.42. The van der Waals surface area contributed by atoms with Gasteiger partial charge in [0.15, 0.2) is 11.0 Å². The van der Waals surface area contributed by atoms with Crippen LogP contribution in [-0.2, 0) is 11.3 Å². The molecule has 0 bridgehead atoms. The van der Waals surface area contributed by atoms with Gasteiger partial charge in [-0.3, -0.25) is 4.79 Å². The molecule has 0 aliphatic carbocycles. The number of aryl methyl sites for hydroxylation is 1. The molecule has 140 valence electrons. The predicted octanol–water partition coefficient (Wildman–Crippen LogP) is 5.31. The fourth-order valence-electron chi connectivity index (χ4n) is 2.66. The van der Waals surface area contributed by atoms with Crippen molar-refractivity contribution < 1.29 is 4.79 Å². The molecular formula is C19H18Cl2N4OS. The lowest BCUT2D eigenvalue weighted by molar-refractivity contribution is -0.113. The predicted molar refractivity (Wildman–Crippen MR) is 112 cm³/mol. The summed E-state index contributed by atoms with van der Waals surface area (Å²) < 4.78 is 2.01. The van der Waals surface area contributed by atoms with Crippen LogP contribution in [0.15, 0.2) is 47.6 Å². The third kappa shape index (κ3) is 4.83. The zero-order valence-corrected chi connectivity index (χ0v) is 17.2. The van der Waals surface area contributed by atoms with Crippen molar-refractivity contribution in [3.63, 3.8) is 0 Å². The Morgan fingerprint density at radius 3 is 2.52 bits per heavy atom. The minimum atomic E-state index is -0.165. The molecule has 27 heavy (non-hydrogen) atoms. The minimum absolute atomic E-state index is 0.165. The number of nitrogens with zero attached hydrogens (tertiary/aromatic N) is 3. The van der Waals surface area contributed by atoms with E-state index in [1.165, 1.54) is 11.8 Å². The second-order valence-electron chi connectivity index (χ2n) is 5.86. The topological polar surface area (TPSA) is 59.8 Å². The molecule has 1 N–H and O–H groups in total. The average Bonchev–Trinajstić information content (AvgIpc) is 3.02. The molecule has 0 aliphatic rings. The largest absolute Gasteiger partial charge is 0.325 e. The number of rotatable bonds is 6. The van der Waals surface area contributed by atoms with Crippen LogP contribution in [0.2, 0.25) is 10.0 Å². The Bertz CT molecular complexity index is 954. The molecule has 1 aromatic heterocycles. The number of hydrogen-bond acceptors (Lipinski definition) is 4. The van der Waals surface area contributed by atoms with Crippen LogP contribution in [-0.4, -0.2) is 26.4 Å². The zero-order valence-electron chi connectivity index (χ0n) is 14.9. The number of carbonyl (C=O) groups is 1. The van der Waals surface area contributed by atoms with E-state index in [2.05, 4.69) is 15.5 Å². The van der Waals surface area contributed by atoms with Gasteiger partial charge >= 0.3 is 0 Å². The van der Waals surface area contributed by atoms with Gasteiger partial charge in [0, 0.05) is 27.8 Å². The molecular weight excluding hydrogens is 403 g/mol. The Balaban J connectivity index is 1.71. The Labute approximate surface area is 172 Å². The highest BCUT2D eigenvalue weighted by molar-refractivity contribution is 7.99. The number of halogens is 2. The molecule has 2 aromatic carbocycles. The Morgan fingerprint density at radius 2 is 1.85 bits per heavy atom. The molecule has 0 saturated heterocycles. The highest BCUT2D eigenvalue weighted by Crippen LogP contribution is 2.27. The van der Waals surface area contributed by atoms with E-state index in [9.17, 15) is 4.79 Å². The molecule has 0 fully saturated rings. The molecule has 5 nitrogen and oxygen atoms in total. The van der Waals surface area contributed by atoms with E-state index < -0.39 is 0 Å².